The first kappa shape index (κ1) is 15.4. The topological polar surface area (TPSA) is 55.8 Å². The summed E-state index contributed by atoms with van der Waals surface area (Å²) in [7, 11) is 1.60. The van der Waals surface area contributed by atoms with Crippen molar-refractivity contribution in [1.29, 1.82) is 0 Å². The molecule has 0 saturated heterocycles. The molecule has 2 aromatic carbocycles. The van der Waals surface area contributed by atoms with Crippen molar-refractivity contribution in [3.63, 3.8) is 0 Å². The van der Waals surface area contributed by atoms with Crippen molar-refractivity contribution in [2.75, 3.05) is 18.6 Å². The Kier molecular flexibility index (Phi) is 3.76. The zero-order chi connectivity index (χ0) is 17.4. The van der Waals surface area contributed by atoms with Crippen LogP contribution in [0.3, 0.4) is 0 Å². The Morgan fingerprint density at radius 2 is 1.76 bits per heavy atom. The summed E-state index contributed by atoms with van der Waals surface area (Å²) in [6.45, 7) is 0.126. The number of carbonyl (C=O) groups is 2. The van der Waals surface area contributed by atoms with Crippen molar-refractivity contribution in [3.8, 4) is 5.75 Å². The highest BCUT2D eigenvalue weighted by atomic mass is 16.5. The van der Waals surface area contributed by atoms with E-state index in [2.05, 4.69) is 0 Å². The van der Waals surface area contributed by atoms with Gasteiger partial charge in [0, 0.05) is 18.0 Å². The number of hydrogen-bond donors (Lipinski definition) is 0. The number of ether oxygens (including phenoxy) is 2. The molecule has 0 unspecified atom stereocenters. The normalized spacial score (nSPS) is 19.7. The molecule has 126 valence electrons. The van der Waals surface area contributed by atoms with E-state index in [1.807, 2.05) is 54.6 Å². The lowest BCUT2D eigenvalue weighted by Gasteiger charge is -2.31. The predicted octanol–water partition coefficient (Wildman–Crippen LogP) is 3.03. The van der Waals surface area contributed by atoms with Gasteiger partial charge in [-0.2, -0.15) is 0 Å². The summed E-state index contributed by atoms with van der Waals surface area (Å²) >= 11 is 0. The third-order valence-electron chi connectivity index (χ3n) is 4.65. The number of anilines is 1. The maximum Gasteiger partial charge on any atom is 0.336 e. The van der Waals surface area contributed by atoms with Gasteiger partial charge in [-0.05, 0) is 29.8 Å². The first-order valence-electron chi connectivity index (χ1n) is 8.11. The predicted molar refractivity (Wildman–Crippen MR) is 92.3 cm³/mol. The van der Waals surface area contributed by atoms with E-state index in [0.717, 1.165) is 17.0 Å². The number of nitrogens with zero attached hydrogens (tertiary/aromatic N) is 1. The molecule has 2 aliphatic heterocycles. The molecule has 0 radical (unpaired) electrons. The van der Waals surface area contributed by atoms with Crippen molar-refractivity contribution in [1.82, 2.24) is 0 Å². The van der Waals surface area contributed by atoms with Gasteiger partial charge in [-0.25, -0.2) is 4.79 Å². The minimum absolute atomic E-state index is 0.0379. The first-order valence-corrected chi connectivity index (χ1v) is 8.11. The molecule has 2 aromatic rings. The highest BCUT2D eigenvalue weighted by Crippen LogP contribution is 2.41. The Morgan fingerprint density at radius 3 is 2.44 bits per heavy atom. The van der Waals surface area contributed by atoms with Crippen molar-refractivity contribution >= 4 is 17.6 Å². The van der Waals surface area contributed by atoms with Crippen LogP contribution in [0, 0.1) is 0 Å². The monoisotopic (exact) mass is 335 g/mol. The number of hydrogen-bond acceptors (Lipinski definition) is 4. The van der Waals surface area contributed by atoms with Crippen LogP contribution in [0.4, 0.5) is 5.69 Å². The number of rotatable bonds is 3. The summed E-state index contributed by atoms with van der Waals surface area (Å²) < 4.78 is 10.4. The maximum absolute atomic E-state index is 12.9. The smallest absolute Gasteiger partial charge is 0.336 e. The van der Waals surface area contributed by atoms with Crippen LogP contribution in [0.2, 0.25) is 0 Å². The molecular weight excluding hydrogens is 318 g/mol. The van der Waals surface area contributed by atoms with E-state index in [4.69, 9.17) is 9.47 Å². The molecule has 0 saturated carbocycles. The van der Waals surface area contributed by atoms with Gasteiger partial charge in [0.05, 0.1) is 18.4 Å². The van der Waals surface area contributed by atoms with Crippen molar-refractivity contribution in [2.24, 2.45) is 0 Å². The molecule has 1 amide bonds. The lowest BCUT2D eigenvalue weighted by Crippen LogP contribution is -2.37. The molecule has 0 fully saturated rings. The van der Waals surface area contributed by atoms with Crippen molar-refractivity contribution in [2.45, 2.75) is 12.3 Å². The molecule has 1 atom stereocenters. The number of carbonyl (C=O) groups excluding carboxylic acids is 2. The quantitative estimate of drug-likeness (QED) is 0.809. The third kappa shape index (κ3) is 2.58. The van der Waals surface area contributed by atoms with Gasteiger partial charge in [-0.15, -0.1) is 0 Å². The fourth-order valence-corrected chi connectivity index (χ4v) is 3.45. The highest BCUT2D eigenvalue weighted by molar-refractivity contribution is 6.06. The van der Waals surface area contributed by atoms with E-state index in [-0.39, 0.29) is 30.8 Å². The lowest BCUT2D eigenvalue weighted by atomic mass is 9.84. The van der Waals surface area contributed by atoms with E-state index in [0.29, 0.717) is 11.3 Å². The summed E-state index contributed by atoms with van der Waals surface area (Å²) in [5.41, 5.74) is 2.89. The van der Waals surface area contributed by atoms with Gasteiger partial charge in [-0.1, -0.05) is 30.3 Å². The summed E-state index contributed by atoms with van der Waals surface area (Å²) in [4.78, 5) is 26.8. The van der Waals surface area contributed by atoms with Gasteiger partial charge in [0.15, 0.2) is 0 Å². The maximum atomic E-state index is 12.9. The number of amides is 1. The second-order valence-electron chi connectivity index (χ2n) is 6.03. The number of para-hydroxylation sites is 1. The zero-order valence-electron chi connectivity index (χ0n) is 13.8. The van der Waals surface area contributed by atoms with Crippen molar-refractivity contribution in [3.05, 3.63) is 71.4 Å². The van der Waals surface area contributed by atoms with Gasteiger partial charge in [-0.3, -0.25) is 9.69 Å². The van der Waals surface area contributed by atoms with Crippen LogP contribution in [0.1, 0.15) is 17.9 Å². The second kappa shape index (κ2) is 6.09. The molecule has 0 aromatic heterocycles. The van der Waals surface area contributed by atoms with Gasteiger partial charge in [0.2, 0.25) is 5.91 Å². The van der Waals surface area contributed by atoms with Crippen LogP contribution >= 0.6 is 0 Å². The summed E-state index contributed by atoms with van der Waals surface area (Å²) in [6.07, 6.45) is 0.231. The Balaban J connectivity index is 1.79. The highest BCUT2D eigenvalue weighted by Gasteiger charge is 2.42. The van der Waals surface area contributed by atoms with E-state index in [9.17, 15) is 9.59 Å². The molecule has 2 heterocycles. The average Bonchev–Trinajstić information content (AvgIpc) is 3.03. The molecule has 2 aliphatic rings. The van der Waals surface area contributed by atoms with Crippen LogP contribution < -0.4 is 9.64 Å². The minimum atomic E-state index is -0.343. The molecule has 25 heavy (non-hydrogen) atoms. The Morgan fingerprint density at radius 1 is 1.04 bits per heavy atom. The number of esters is 1. The molecular formula is C20H17NO4. The number of benzene rings is 2. The number of methoxy groups -OCH3 is 1. The Hall–Kier alpha value is -3.08. The Labute approximate surface area is 145 Å². The standard InChI is InChI=1S/C20H17NO4/c1-24-15-9-7-13(8-10-15)16-11-18(22)21(14-5-3-2-4-6-14)17-12-25-20(23)19(16)17/h2-10,16H,11-12H2,1H3/t16-/m0/s1. The van der Waals surface area contributed by atoms with Crippen molar-refractivity contribution < 1.29 is 19.1 Å². The van der Waals surface area contributed by atoms with Crippen LogP contribution in [-0.4, -0.2) is 25.6 Å². The first-order chi connectivity index (χ1) is 12.2. The largest absolute Gasteiger partial charge is 0.497 e. The SMILES string of the molecule is COc1ccc([C@@H]2CC(=O)N(c3ccccc3)C3=C2C(=O)OC3)cc1. The Bertz CT molecular complexity index is 855. The summed E-state index contributed by atoms with van der Waals surface area (Å²) in [5, 5.41) is 0. The van der Waals surface area contributed by atoms with E-state index < -0.39 is 0 Å². The summed E-state index contributed by atoms with van der Waals surface area (Å²) in [5.74, 6) is 0.0664. The van der Waals surface area contributed by atoms with Crippen LogP contribution in [0.25, 0.3) is 0 Å². The van der Waals surface area contributed by atoms with Gasteiger partial charge in [0.1, 0.15) is 12.4 Å². The fourth-order valence-electron chi connectivity index (χ4n) is 3.45. The average molecular weight is 335 g/mol. The molecule has 5 heteroatoms. The third-order valence-corrected chi connectivity index (χ3v) is 4.65. The van der Waals surface area contributed by atoms with E-state index >= 15 is 0 Å². The minimum Gasteiger partial charge on any atom is -0.497 e. The molecule has 4 rings (SSSR count). The van der Waals surface area contributed by atoms with Crippen LogP contribution in [-0.2, 0) is 14.3 Å². The number of cyclic esters (lactones) is 1. The van der Waals surface area contributed by atoms with Gasteiger partial charge >= 0.3 is 5.97 Å². The lowest BCUT2D eigenvalue weighted by molar-refractivity contribution is -0.136. The molecule has 0 N–H and O–H groups in total. The molecule has 0 bridgehead atoms. The van der Waals surface area contributed by atoms with E-state index in [1.54, 1.807) is 12.0 Å². The zero-order valence-corrected chi connectivity index (χ0v) is 13.8. The van der Waals surface area contributed by atoms with Gasteiger partial charge in [0.25, 0.3) is 0 Å². The van der Waals surface area contributed by atoms with E-state index in [1.165, 1.54) is 0 Å². The molecule has 0 spiro atoms. The summed E-state index contributed by atoms with van der Waals surface area (Å²) in [6, 6.07) is 16.8. The fraction of sp³-hybridized carbons (Fsp3) is 0.200. The second-order valence-corrected chi connectivity index (χ2v) is 6.03. The van der Waals surface area contributed by atoms with Crippen LogP contribution in [0.15, 0.2) is 65.9 Å². The molecule has 5 nitrogen and oxygen atoms in total. The molecule has 0 aliphatic carbocycles. The van der Waals surface area contributed by atoms with Crippen LogP contribution in [0.5, 0.6) is 5.75 Å². The van der Waals surface area contributed by atoms with Gasteiger partial charge < -0.3 is 9.47 Å².